The molecule has 1 aliphatic heterocycles. The van der Waals surface area contributed by atoms with Gasteiger partial charge in [-0.15, -0.1) is 0 Å². The summed E-state index contributed by atoms with van der Waals surface area (Å²) in [6, 6.07) is 24.8. The lowest BCUT2D eigenvalue weighted by Gasteiger charge is -2.30. The van der Waals surface area contributed by atoms with Crippen LogP contribution in [0.5, 0.6) is 11.5 Å². The van der Waals surface area contributed by atoms with E-state index in [0.29, 0.717) is 29.6 Å². The number of hydrogen-bond donors (Lipinski definition) is 1. The van der Waals surface area contributed by atoms with Gasteiger partial charge in [-0.1, -0.05) is 42.5 Å². The van der Waals surface area contributed by atoms with Crippen LogP contribution in [0.4, 0.5) is 5.95 Å². The van der Waals surface area contributed by atoms with Gasteiger partial charge in [0.05, 0.1) is 29.3 Å². The zero-order chi connectivity index (χ0) is 23.5. The second kappa shape index (κ2) is 9.41. The summed E-state index contributed by atoms with van der Waals surface area (Å²) < 4.78 is 18.7. The molecule has 0 saturated carbocycles. The highest BCUT2D eigenvalue weighted by molar-refractivity contribution is 5.94. The molecule has 0 saturated heterocycles. The van der Waals surface area contributed by atoms with Crippen LogP contribution in [0, 0.1) is 0 Å². The minimum Gasteiger partial charge on any atom is -0.460 e. The molecule has 172 valence electrons. The number of allylic oxidation sites excluding steroid dienone is 1. The molecule has 1 aromatic heterocycles. The first-order valence-corrected chi connectivity index (χ1v) is 11.1. The second-order valence-corrected chi connectivity index (χ2v) is 7.98. The van der Waals surface area contributed by atoms with Gasteiger partial charge in [0.15, 0.2) is 0 Å². The maximum Gasteiger partial charge on any atom is 0.338 e. The van der Waals surface area contributed by atoms with Gasteiger partial charge < -0.3 is 19.5 Å². The molecule has 0 bridgehead atoms. The topological polar surface area (TPSA) is 74.6 Å². The molecule has 1 N–H and O–H groups in total. The number of carbonyl (C=O) groups excluding carboxylic acids is 1. The van der Waals surface area contributed by atoms with E-state index in [9.17, 15) is 4.79 Å². The fourth-order valence-corrected chi connectivity index (χ4v) is 4.21. The number of methoxy groups -OCH3 is 1. The number of nitrogens with one attached hydrogen (secondary N) is 1. The molecule has 7 heteroatoms. The third-order valence-corrected chi connectivity index (χ3v) is 5.72. The summed E-state index contributed by atoms with van der Waals surface area (Å²) in [5.74, 6) is 1.69. The number of carbonyl (C=O) groups is 1. The van der Waals surface area contributed by atoms with E-state index >= 15 is 0 Å². The van der Waals surface area contributed by atoms with Crippen molar-refractivity contribution in [3.8, 4) is 11.5 Å². The molecule has 3 aromatic carbocycles. The number of para-hydroxylation sites is 3. The normalized spacial score (nSPS) is 15.1. The van der Waals surface area contributed by atoms with Crippen LogP contribution >= 0.6 is 0 Å². The summed E-state index contributed by atoms with van der Waals surface area (Å²) >= 11 is 0. The Morgan fingerprint density at radius 1 is 0.971 bits per heavy atom. The van der Waals surface area contributed by atoms with Gasteiger partial charge in [0, 0.05) is 12.8 Å². The number of anilines is 1. The van der Waals surface area contributed by atoms with Crippen molar-refractivity contribution in [3.05, 3.63) is 95.7 Å². The van der Waals surface area contributed by atoms with Gasteiger partial charge in [0.25, 0.3) is 0 Å². The summed E-state index contributed by atoms with van der Waals surface area (Å²) in [7, 11) is 1.57. The van der Waals surface area contributed by atoms with Gasteiger partial charge >= 0.3 is 5.97 Å². The highest BCUT2D eigenvalue weighted by atomic mass is 16.6. The van der Waals surface area contributed by atoms with E-state index in [1.54, 1.807) is 7.11 Å². The van der Waals surface area contributed by atoms with Crippen molar-refractivity contribution in [2.24, 2.45) is 0 Å². The lowest BCUT2D eigenvalue weighted by Crippen LogP contribution is -2.29. The number of fused-ring (bicyclic) bond motifs is 3. The van der Waals surface area contributed by atoms with Crippen molar-refractivity contribution in [1.82, 2.24) is 9.55 Å². The Labute approximate surface area is 197 Å². The van der Waals surface area contributed by atoms with E-state index in [1.165, 1.54) is 0 Å². The average molecular weight is 456 g/mol. The molecule has 1 aliphatic rings. The quantitative estimate of drug-likeness (QED) is 0.301. The average Bonchev–Trinajstić information content (AvgIpc) is 3.22. The van der Waals surface area contributed by atoms with Crippen LogP contribution in [0.1, 0.15) is 18.5 Å². The third-order valence-electron chi connectivity index (χ3n) is 5.72. The lowest BCUT2D eigenvalue weighted by molar-refractivity contribution is -0.140. The maximum atomic E-state index is 13.3. The maximum absolute atomic E-state index is 13.3. The number of imidazole rings is 1. The number of esters is 1. The van der Waals surface area contributed by atoms with Crippen molar-refractivity contribution in [3.63, 3.8) is 0 Å². The molecular weight excluding hydrogens is 430 g/mol. The van der Waals surface area contributed by atoms with Crippen molar-refractivity contribution in [1.29, 1.82) is 0 Å². The molecular formula is C27H25N3O4. The Balaban J connectivity index is 1.61. The van der Waals surface area contributed by atoms with Crippen molar-refractivity contribution in [2.75, 3.05) is 25.6 Å². The van der Waals surface area contributed by atoms with Crippen LogP contribution in [0.25, 0.3) is 11.0 Å². The van der Waals surface area contributed by atoms with Gasteiger partial charge in [-0.05, 0) is 48.9 Å². The Bertz CT molecular complexity index is 1360. The molecule has 34 heavy (non-hydrogen) atoms. The highest BCUT2D eigenvalue weighted by Gasteiger charge is 2.35. The molecule has 0 amide bonds. The van der Waals surface area contributed by atoms with Crippen LogP contribution in [0.3, 0.4) is 0 Å². The first-order valence-electron chi connectivity index (χ1n) is 11.1. The predicted octanol–water partition coefficient (Wildman–Crippen LogP) is 5.31. The van der Waals surface area contributed by atoms with Gasteiger partial charge in [0.2, 0.25) is 5.95 Å². The molecule has 7 nitrogen and oxygen atoms in total. The largest absolute Gasteiger partial charge is 0.460 e. The number of nitrogens with zero attached hydrogens (tertiary/aromatic N) is 2. The Morgan fingerprint density at radius 3 is 2.56 bits per heavy atom. The van der Waals surface area contributed by atoms with E-state index in [-0.39, 0.29) is 6.61 Å². The standard InChI is InChI=1S/C27H25N3O4/c1-18-24(26(31)33-16-15-32-2)25(30-23-14-7-6-13-22(23)29-27(30)28-18)19-9-8-12-21(17-19)34-20-10-4-3-5-11-20/h3-14,17,25H,15-16H2,1-2H3,(H,28,29). The van der Waals surface area contributed by atoms with Gasteiger partial charge in [-0.2, -0.15) is 0 Å². The van der Waals surface area contributed by atoms with Crippen LogP contribution < -0.4 is 10.1 Å². The van der Waals surface area contributed by atoms with Gasteiger partial charge in [-0.25, -0.2) is 9.78 Å². The van der Waals surface area contributed by atoms with Gasteiger partial charge in [-0.3, -0.25) is 4.57 Å². The smallest absolute Gasteiger partial charge is 0.338 e. The summed E-state index contributed by atoms with van der Waals surface area (Å²) in [5.41, 5.74) is 3.86. The number of aromatic nitrogens is 2. The van der Waals surface area contributed by atoms with Crippen molar-refractivity contribution < 1.29 is 19.0 Å². The Kier molecular flexibility index (Phi) is 6.01. The number of hydrogen-bond acceptors (Lipinski definition) is 6. The Hall–Kier alpha value is -4.10. The number of ether oxygens (including phenoxy) is 3. The van der Waals surface area contributed by atoms with E-state index in [2.05, 4.69) is 5.32 Å². The summed E-state index contributed by atoms with van der Waals surface area (Å²) in [5, 5.41) is 3.29. The van der Waals surface area contributed by atoms with E-state index < -0.39 is 12.0 Å². The second-order valence-electron chi connectivity index (χ2n) is 7.98. The number of rotatable bonds is 7. The fourth-order valence-electron chi connectivity index (χ4n) is 4.21. The highest BCUT2D eigenvalue weighted by Crippen LogP contribution is 2.40. The van der Waals surface area contributed by atoms with Gasteiger partial charge in [0.1, 0.15) is 18.1 Å². The Morgan fingerprint density at radius 2 is 1.74 bits per heavy atom. The minimum atomic E-state index is -0.446. The first kappa shape index (κ1) is 21.7. The van der Waals surface area contributed by atoms with E-state index in [4.69, 9.17) is 19.2 Å². The molecule has 1 atom stereocenters. The molecule has 0 radical (unpaired) electrons. The van der Waals surface area contributed by atoms with E-state index in [1.807, 2.05) is 90.4 Å². The van der Waals surface area contributed by atoms with Crippen molar-refractivity contribution in [2.45, 2.75) is 13.0 Å². The molecule has 1 unspecified atom stereocenters. The SMILES string of the molecule is COCCOC(=O)C1=C(C)Nc2nc3ccccc3n2C1c1cccc(Oc2ccccc2)c1. The molecule has 0 aliphatic carbocycles. The monoisotopic (exact) mass is 455 g/mol. The fraction of sp³-hybridized carbons (Fsp3) is 0.185. The molecule has 4 aromatic rings. The lowest BCUT2D eigenvalue weighted by atomic mass is 9.95. The van der Waals surface area contributed by atoms with Crippen molar-refractivity contribution >= 4 is 23.0 Å². The molecule has 0 spiro atoms. The predicted molar refractivity (Wildman–Crippen MR) is 130 cm³/mol. The molecule has 0 fully saturated rings. The zero-order valence-electron chi connectivity index (χ0n) is 19.0. The first-order chi connectivity index (χ1) is 16.7. The minimum absolute atomic E-state index is 0.174. The van der Waals surface area contributed by atoms with E-state index in [0.717, 1.165) is 22.3 Å². The summed E-state index contributed by atoms with van der Waals surface area (Å²) in [6.07, 6.45) is 0. The zero-order valence-corrected chi connectivity index (χ0v) is 19.0. The van der Waals surface area contributed by atoms with Crippen LogP contribution in [0.15, 0.2) is 90.1 Å². The summed E-state index contributed by atoms with van der Waals surface area (Å²) in [4.78, 5) is 18.0. The molecule has 5 rings (SSSR count). The molecule has 2 heterocycles. The van der Waals surface area contributed by atoms with Crippen LogP contribution in [0.2, 0.25) is 0 Å². The van der Waals surface area contributed by atoms with Crippen LogP contribution in [-0.4, -0.2) is 35.8 Å². The summed E-state index contributed by atoms with van der Waals surface area (Å²) in [6.45, 7) is 2.37. The van der Waals surface area contributed by atoms with Crippen LogP contribution in [-0.2, 0) is 14.3 Å². The number of benzene rings is 3. The third kappa shape index (κ3) is 4.13.